The van der Waals surface area contributed by atoms with Crippen molar-refractivity contribution in [2.75, 3.05) is 52.7 Å². The van der Waals surface area contributed by atoms with Gasteiger partial charge in [0.2, 0.25) is 23.5 Å². The highest BCUT2D eigenvalue weighted by Gasteiger charge is 2.18. The smallest absolute Gasteiger partial charge is 0.243 e. The first kappa shape index (κ1) is 33.9. The van der Waals surface area contributed by atoms with Crippen LogP contribution in [0.25, 0.3) is 22.8 Å². The molecule has 2 saturated heterocycles. The number of amides is 2. The van der Waals surface area contributed by atoms with Gasteiger partial charge in [-0.15, -0.1) is 20.4 Å². The second-order valence-corrected chi connectivity index (χ2v) is 11.5. The number of ether oxygens (including phenoxy) is 5. The van der Waals surface area contributed by atoms with E-state index in [0.29, 0.717) is 62.7 Å². The molecule has 17 heteroatoms. The monoisotopic (exact) mass is 676 g/mol. The Bertz CT molecular complexity index is 1500. The van der Waals surface area contributed by atoms with Crippen LogP contribution in [0.3, 0.4) is 0 Å². The Morgan fingerprint density at radius 1 is 0.673 bits per heavy atom. The van der Waals surface area contributed by atoms with Crippen LogP contribution in [-0.2, 0) is 36.9 Å². The van der Waals surface area contributed by atoms with E-state index in [1.54, 1.807) is 0 Å². The Labute approximate surface area is 282 Å². The summed E-state index contributed by atoms with van der Waals surface area (Å²) in [6, 6.07) is 14.6. The van der Waals surface area contributed by atoms with Crippen molar-refractivity contribution in [1.82, 2.24) is 51.0 Å². The van der Waals surface area contributed by atoms with Crippen LogP contribution in [0, 0.1) is 0 Å². The minimum absolute atomic E-state index is 0.0122. The standard InChI is InChI=1S/C32H40N10O7/c43-29(33-19-27-3-1-13-46-27)21-41-37-31(35-39-41)23-5-9-25(10-6-23)48-17-15-45-16-18-49-26-11-7-24(8-12-26)32-36-40-42(38-32)22-30(44)34-20-28-4-2-14-47-28/h5-12,27-28H,1-4,13-22H2,(H,33,43)(H,34,44)/t27-,28-/m0/s1. The van der Waals surface area contributed by atoms with Gasteiger partial charge in [0.05, 0.1) is 25.4 Å². The highest BCUT2D eigenvalue weighted by Crippen LogP contribution is 2.20. The number of tetrazole rings is 2. The number of carbonyl (C=O) groups excluding carboxylic acids is 2. The molecule has 260 valence electrons. The molecule has 2 atom stereocenters. The van der Waals surface area contributed by atoms with Crippen molar-refractivity contribution in [1.29, 1.82) is 0 Å². The summed E-state index contributed by atoms with van der Waals surface area (Å²) in [7, 11) is 0. The Morgan fingerprint density at radius 3 is 1.53 bits per heavy atom. The maximum atomic E-state index is 12.2. The van der Waals surface area contributed by atoms with E-state index in [1.165, 1.54) is 9.59 Å². The van der Waals surface area contributed by atoms with Crippen molar-refractivity contribution in [2.45, 2.75) is 51.0 Å². The van der Waals surface area contributed by atoms with E-state index in [0.717, 1.165) is 50.0 Å². The molecule has 4 heterocycles. The Kier molecular flexibility index (Phi) is 12.0. The van der Waals surface area contributed by atoms with Gasteiger partial charge in [-0.05, 0) is 84.6 Å². The van der Waals surface area contributed by atoms with E-state index in [4.69, 9.17) is 23.7 Å². The van der Waals surface area contributed by atoms with E-state index in [-0.39, 0.29) is 37.1 Å². The first-order valence-electron chi connectivity index (χ1n) is 16.4. The van der Waals surface area contributed by atoms with Gasteiger partial charge < -0.3 is 34.3 Å². The van der Waals surface area contributed by atoms with Gasteiger partial charge in [-0.25, -0.2) is 0 Å². The van der Waals surface area contributed by atoms with Crippen LogP contribution in [0.5, 0.6) is 11.5 Å². The normalized spacial score (nSPS) is 17.2. The van der Waals surface area contributed by atoms with Gasteiger partial charge in [-0.3, -0.25) is 9.59 Å². The summed E-state index contributed by atoms with van der Waals surface area (Å²) in [4.78, 5) is 26.9. The van der Waals surface area contributed by atoms with Gasteiger partial charge in [-0.2, -0.15) is 9.59 Å². The molecule has 0 bridgehead atoms. The molecule has 2 aromatic carbocycles. The van der Waals surface area contributed by atoms with Gasteiger partial charge in [-0.1, -0.05) is 0 Å². The lowest BCUT2D eigenvalue weighted by Crippen LogP contribution is -2.34. The van der Waals surface area contributed by atoms with Crippen LogP contribution in [0.1, 0.15) is 25.7 Å². The number of benzene rings is 2. The summed E-state index contributed by atoms with van der Waals surface area (Å²) in [5, 5.41) is 30.4. The maximum absolute atomic E-state index is 12.2. The van der Waals surface area contributed by atoms with E-state index in [9.17, 15) is 9.59 Å². The van der Waals surface area contributed by atoms with Crippen molar-refractivity contribution >= 4 is 11.8 Å². The van der Waals surface area contributed by atoms with Crippen molar-refractivity contribution in [3.63, 3.8) is 0 Å². The largest absolute Gasteiger partial charge is 0.491 e. The van der Waals surface area contributed by atoms with Gasteiger partial charge in [0.15, 0.2) is 0 Å². The third kappa shape index (κ3) is 10.5. The SMILES string of the molecule is O=C(Cn1nnc(-c2ccc(OCCOCCOc3ccc(-c4nnn(CC(=O)NC[C@@H]5CCCO5)n4)cc3)cc2)n1)NC[C@@H]1CCCO1. The summed E-state index contributed by atoms with van der Waals surface area (Å²) in [6.07, 6.45) is 4.13. The van der Waals surface area contributed by atoms with Crippen LogP contribution in [-0.4, -0.2) is 117 Å². The molecule has 2 amide bonds. The molecule has 49 heavy (non-hydrogen) atoms. The molecule has 0 saturated carbocycles. The second kappa shape index (κ2) is 17.4. The van der Waals surface area contributed by atoms with Gasteiger partial charge in [0.1, 0.15) is 37.8 Å². The molecule has 0 unspecified atom stereocenters. The van der Waals surface area contributed by atoms with Crippen LogP contribution in [0.4, 0.5) is 0 Å². The number of nitrogens with zero attached hydrogens (tertiary/aromatic N) is 8. The third-order valence-electron chi connectivity index (χ3n) is 7.80. The minimum atomic E-state index is -0.187. The highest BCUT2D eigenvalue weighted by atomic mass is 16.5. The van der Waals surface area contributed by atoms with Crippen LogP contribution in [0.15, 0.2) is 48.5 Å². The average molecular weight is 677 g/mol. The average Bonchev–Trinajstić information content (AvgIpc) is 3.96. The van der Waals surface area contributed by atoms with Crippen molar-refractivity contribution in [3.05, 3.63) is 48.5 Å². The lowest BCUT2D eigenvalue weighted by atomic mass is 10.2. The van der Waals surface area contributed by atoms with Crippen molar-refractivity contribution in [2.24, 2.45) is 0 Å². The molecule has 0 aliphatic carbocycles. The topological polar surface area (TPSA) is 192 Å². The number of hydrogen-bond donors (Lipinski definition) is 2. The molecule has 2 aliphatic heterocycles. The van der Waals surface area contributed by atoms with E-state index >= 15 is 0 Å². The number of nitrogens with one attached hydrogen (secondary N) is 2. The molecule has 0 spiro atoms. The molecule has 4 aromatic rings. The minimum Gasteiger partial charge on any atom is -0.491 e. The van der Waals surface area contributed by atoms with Crippen LogP contribution in [0.2, 0.25) is 0 Å². The second-order valence-electron chi connectivity index (χ2n) is 11.5. The summed E-state index contributed by atoms with van der Waals surface area (Å²) in [6.45, 7) is 3.97. The fourth-order valence-corrected chi connectivity index (χ4v) is 5.23. The predicted octanol–water partition coefficient (Wildman–Crippen LogP) is 1.06. The lowest BCUT2D eigenvalue weighted by molar-refractivity contribution is -0.123. The zero-order valence-corrected chi connectivity index (χ0v) is 27.1. The quantitative estimate of drug-likeness (QED) is 0.142. The maximum Gasteiger partial charge on any atom is 0.243 e. The van der Waals surface area contributed by atoms with Gasteiger partial charge in [0, 0.05) is 37.4 Å². The summed E-state index contributed by atoms with van der Waals surface area (Å²) in [5.41, 5.74) is 1.51. The Morgan fingerprint density at radius 2 is 1.12 bits per heavy atom. The first-order chi connectivity index (χ1) is 24.1. The molecule has 2 aromatic heterocycles. The number of hydrogen-bond acceptors (Lipinski definition) is 13. The van der Waals surface area contributed by atoms with Crippen LogP contribution < -0.4 is 20.1 Å². The number of carbonyl (C=O) groups is 2. The number of aromatic nitrogens is 8. The summed E-state index contributed by atoms with van der Waals surface area (Å²) < 4.78 is 28.2. The van der Waals surface area contributed by atoms with Gasteiger partial charge >= 0.3 is 0 Å². The third-order valence-corrected chi connectivity index (χ3v) is 7.80. The van der Waals surface area contributed by atoms with Crippen LogP contribution >= 0.6 is 0 Å². The molecule has 6 rings (SSSR count). The van der Waals surface area contributed by atoms with E-state index < -0.39 is 0 Å². The molecule has 2 fully saturated rings. The zero-order valence-electron chi connectivity index (χ0n) is 27.1. The zero-order chi connectivity index (χ0) is 33.7. The van der Waals surface area contributed by atoms with Crippen molar-refractivity contribution < 1.29 is 33.3 Å². The van der Waals surface area contributed by atoms with E-state index in [1.807, 2.05) is 48.5 Å². The Hall–Kier alpha value is -5.00. The predicted molar refractivity (Wildman–Crippen MR) is 172 cm³/mol. The first-order valence-corrected chi connectivity index (χ1v) is 16.4. The van der Waals surface area contributed by atoms with E-state index in [2.05, 4.69) is 41.5 Å². The molecule has 17 nitrogen and oxygen atoms in total. The molecule has 2 N–H and O–H groups in total. The fourth-order valence-electron chi connectivity index (χ4n) is 5.23. The van der Waals surface area contributed by atoms with Crippen molar-refractivity contribution in [3.8, 4) is 34.3 Å². The molecular weight excluding hydrogens is 636 g/mol. The lowest BCUT2D eigenvalue weighted by Gasteiger charge is -2.10. The molecular formula is C32H40N10O7. The number of rotatable bonds is 18. The molecule has 2 aliphatic rings. The Balaban J connectivity index is 0.827. The highest BCUT2D eigenvalue weighted by molar-refractivity contribution is 5.76. The molecule has 0 radical (unpaired) electrons. The summed E-state index contributed by atoms with van der Waals surface area (Å²) >= 11 is 0. The summed E-state index contributed by atoms with van der Waals surface area (Å²) in [5.74, 6) is 1.82. The van der Waals surface area contributed by atoms with Gasteiger partial charge in [0.25, 0.3) is 0 Å². The fraction of sp³-hybridized carbons (Fsp3) is 0.500.